The smallest absolute Gasteiger partial charge is 0.261 e. The Hall–Kier alpha value is -3.78. The average molecular weight is 550 g/mol. The molecule has 0 atom stereocenters. The summed E-state index contributed by atoms with van der Waals surface area (Å²) >= 11 is 0. The summed E-state index contributed by atoms with van der Waals surface area (Å²) in [6.07, 6.45) is 5.24. The van der Waals surface area contributed by atoms with E-state index in [1.165, 1.54) is 10.4 Å². The first-order chi connectivity index (χ1) is 18.8. The maximum absolute atomic E-state index is 13.5. The molecule has 9 nitrogen and oxygen atoms in total. The fraction of sp³-hybridized carbons (Fsp3) is 0.345. The minimum atomic E-state index is -3.71. The average Bonchev–Trinajstić information content (AvgIpc) is 3.38. The van der Waals surface area contributed by atoms with E-state index in [0.29, 0.717) is 62.3 Å². The summed E-state index contributed by atoms with van der Waals surface area (Å²) in [4.78, 5) is 12.9. The number of ether oxygens (including phenoxy) is 1. The normalized spacial score (nSPS) is 11.9. The molecule has 0 aliphatic heterocycles. The van der Waals surface area contributed by atoms with Gasteiger partial charge >= 0.3 is 0 Å². The van der Waals surface area contributed by atoms with Crippen molar-refractivity contribution in [3.8, 4) is 23.0 Å². The maximum Gasteiger partial charge on any atom is 0.261 e. The van der Waals surface area contributed by atoms with E-state index in [0.717, 1.165) is 5.69 Å². The van der Waals surface area contributed by atoms with Crippen LogP contribution in [0.5, 0.6) is 0 Å². The second-order valence-corrected chi connectivity index (χ2v) is 10.9. The van der Waals surface area contributed by atoms with Crippen molar-refractivity contribution in [1.82, 2.24) is 19.4 Å². The summed E-state index contributed by atoms with van der Waals surface area (Å²) in [5.74, 6) is -0.502. The number of hydrogen-bond donors (Lipinski definition) is 1. The molecule has 2 aromatic carbocycles. The van der Waals surface area contributed by atoms with Gasteiger partial charge in [-0.25, -0.2) is 13.1 Å². The zero-order valence-electron chi connectivity index (χ0n) is 22.6. The third kappa shape index (κ3) is 7.63. The molecule has 0 unspecified atom stereocenters. The van der Waals surface area contributed by atoms with Crippen LogP contribution in [0.3, 0.4) is 0 Å². The first-order valence-electron chi connectivity index (χ1n) is 13.0. The fourth-order valence-corrected chi connectivity index (χ4v) is 5.72. The van der Waals surface area contributed by atoms with Crippen LogP contribution in [0.4, 0.5) is 0 Å². The topological polar surface area (TPSA) is 117 Å². The van der Waals surface area contributed by atoms with Gasteiger partial charge in [-0.2, -0.15) is 14.7 Å². The molecule has 3 aromatic rings. The van der Waals surface area contributed by atoms with E-state index < -0.39 is 15.9 Å². The van der Waals surface area contributed by atoms with E-state index in [-0.39, 0.29) is 10.5 Å². The van der Waals surface area contributed by atoms with E-state index in [2.05, 4.69) is 5.32 Å². The molecule has 1 N–H and O–H groups in total. The number of aromatic nitrogens is 2. The van der Waals surface area contributed by atoms with E-state index >= 15 is 0 Å². The van der Waals surface area contributed by atoms with Crippen molar-refractivity contribution in [1.29, 1.82) is 5.26 Å². The molecule has 0 spiro atoms. The zero-order chi connectivity index (χ0) is 28.3. The van der Waals surface area contributed by atoms with Crippen LogP contribution in [-0.4, -0.2) is 61.8 Å². The molecule has 0 aliphatic rings. The van der Waals surface area contributed by atoms with Gasteiger partial charge in [0.2, 0.25) is 10.0 Å². The van der Waals surface area contributed by atoms with Crippen molar-refractivity contribution in [2.75, 3.05) is 33.4 Å². The summed E-state index contributed by atoms with van der Waals surface area (Å²) in [7, 11) is -2.13. The lowest BCUT2D eigenvalue weighted by Crippen LogP contribution is -2.32. The number of sulfonamides is 1. The van der Waals surface area contributed by atoms with Gasteiger partial charge in [0.15, 0.2) is 0 Å². The molecular weight excluding hydrogens is 514 g/mol. The molecule has 0 fully saturated rings. The largest absolute Gasteiger partial charge is 0.385 e. The molecule has 0 saturated heterocycles. The van der Waals surface area contributed by atoms with Gasteiger partial charge in [-0.15, -0.1) is 0 Å². The summed E-state index contributed by atoms with van der Waals surface area (Å²) in [6, 6.07) is 18.0. The van der Waals surface area contributed by atoms with Gasteiger partial charge in [0, 0.05) is 50.7 Å². The van der Waals surface area contributed by atoms with E-state index in [1.54, 1.807) is 42.3 Å². The number of methoxy groups -OCH3 is 1. The number of hydrogen-bond acceptors (Lipinski definition) is 6. The number of nitrogens with zero attached hydrogens (tertiary/aromatic N) is 4. The molecule has 1 heterocycles. The quantitative estimate of drug-likeness (QED) is 0.181. The van der Waals surface area contributed by atoms with Crippen molar-refractivity contribution in [3.05, 3.63) is 71.9 Å². The Labute approximate surface area is 230 Å². The van der Waals surface area contributed by atoms with Gasteiger partial charge in [0.25, 0.3) is 5.91 Å². The number of rotatable bonds is 14. The third-order valence-corrected chi connectivity index (χ3v) is 7.82. The molecule has 0 bridgehead atoms. The van der Waals surface area contributed by atoms with Crippen LogP contribution in [0.25, 0.3) is 23.0 Å². The highest BCUT2D eigenvalue weighted by Gasteiger charge is 2.24. The lowest BCUT2D eigenvalue weighted by molar-refractivity contribution is -0.117. The lowest BCUT2D eigenvalue weighted by Gasteiger charge is -2.21. The molecule has 3 rings (SSSR count). The van der Waals surface area contributed by atoms with Crippen LogP contribution in [0.15, 0.2) is 71.3 Å². The molecular formula is C29H35N5O4S. The predicted molar refractivity (Wildman–Crippen MR) is 151 cm³/mol. The summed E-state index contributed by atoms with van der Waals surface area (Å²) in [6.45, 7) is 5.62. The third-order valence-electron chi connectivity index (χ3n) is 5.93. The monoisotopic (exact) mass is 549 g/mol. The van der Waals surface area contributed by atoms with Crippen LogP contribution >= 0.6 is 0 Å². The van der Waals surface area contributed by atoms with E-state index in [4.69, 9.17) is 9.84 Å². The number of nitrogens with one attached hydrogen (secondary N) is 1. The summed E-state index contributed by atoms with van der Waals surface area (Å²) in [5, 5.41) is 17.2. The molecule has 0 saturated carbocycles. The van der Waals surface area contributed by atoms with Gasteiger partial charge < -0.3 is 10.1 Å². The highest BCUT2D eigenvalue weighted by Crippen LogP contribution is 2.29. The highest BCUT2D eigenvalue weighted by atomic mass is 32.2. The molecule has 0 aliphatic carbocycles. The van der Waals surface area contributed by atoms with Crippen molar-refractivity contribution in [2.45, 2.75) is 38.0 Å². The Morgan fingerprint density at radius 1 is 1.13 bits per heavy atom. The van der Waals surface area contributed by atoms with Gasteiger partial charge in [-0.05, 0) is 49.6 Å². The number of para-hydroxylation sites is 1. The Morgan fingerprint density at radius 3 is 2.49 bits per heavy atom. The Morgan fingerprint density at radius 2 is 1.85 bits per heavy atom. The fourth-order valence-electron chi connectivity index (χ4n) is 4.05. The highest BCUT2D eigenvalue weighted by molar-refractivity contribution is 7.89. The van der Waals surface area contributed by atoms with Gasteiger partial charge in [0.05, 0.1) is 10.6 Å². The Balaban J connectivity index is 2.08. The van der Waals surface area contributed by atoms with Crippen molar-refractivity contribution >= 4 is 22.0 Å². The van der Waals surface area contributed by atoms with Gasteiger partial charge in [-0.1, -0.05) is 44.2 Å². The molecule has 0 radical (unpaired) electrons. The number of carbonyl (C=O) groups is 1. The maximum atomic E-state index is 13.5. The molecule has 206 valence electrons. The van der Waals surface area contributed by atoms with Crippen molar-refractivity contribution < 1.29 is 17.9 Å². The minimum absolute atomic E-state index is 0.0814. The SMILES string of the molecule is CCCN(CCC)S(=O)(=O)c1cccc(-c2nn(-c3ccccc3)cc2C=C(C#N)C(=O)NCCCOC)c1. The number of benzene rings is 2. The Kier molecular flexibility index (Phi) is 11.0. The molecule has 1 aromatic heterocycles. The van der Waals surface area contributed by atoms with Crippen LogP contribution in [-0.2, 0) is 19.6 Å². The van der Waals surface area contributed by atoms with Crippen LogP contribution in [0.2, 0.25) is 0 Å². The zero-order valence-corrected chi connectivity index (χ0v) is 23.4. The van der Waals surface area contributed by atoms with Crippen LogP contribution in [0, 0.1) is 11.3 Å². The van der Waals surface area contributed by atoms with Crippen LogP contribution in [0.1, 0.15) is 38.7 Å². The van der Waals surface area contributed by atoms with Gasteiger partial charge in [0.1, 0.15) is 17.3 Å². The van der Waals surface area contributed by atoms with Crippen molar-refractivity contribution in [3.63, 3.8) is 0 Å². The predicted octanol–water partition coefficient (Wildman–Crippen LogP) is 4.41. The van der Waals surface area contributed by atoms with Gasteiger partial charge in [-0.3, -0.25) is 4.79 Å². The first kappa shape index (κ1) is 29.8. The number of nitriles is 1. The summed E-state index contributed by atoms with van der Waals surface area (Å²) < 4.78 is 35.0. The molecule has 39 heavy (non-hydrogen) atoms. The standard InChI is InChI=1S/C29H35N5O4S/c1-4-16-33(17-5-2)39(36,37)27-14-9-11-23(20-27)28-25(22-34(32-28)26-12-7-6-8-13-26)19-24(21-30)29(35)31-15-10-18-38-3/h6-9,11-14,19-20,22H,4-5,10,15-18H2,1-3H3,(H,31,35). The molecule has 1 amide bonds. The van der Waals surface area contributed by atoms with E-state index in [9.17, 15) is 18.5 Å². The van der Waals surface area contributed by atoms with E-state index in [1.807, 2.05) is 50.2 Å². The number of amides is 1. The number of carbonyl (C=O) groups excluding carboxylic acids is 1. The Bertz CT molecular complexity index is 1420. The lowest BCUT2D eigenvalue weighted by atomic mass is 10.1. The minimum Gasteiger partial charge on any atom is -0.385 e. The molecule has 10 heteroatoms. The van der Waals surface area contributed by atoms with Crippen LogP contribution < -0.4 is 5.32 Å². The second kappa shape index (κ2) is 14.4. The van der Waals surface area contributed by atoms with Crippen molar-refractivity contribution in [2.24, 2.45) is 0 Å². The summed E-state index contributed by atoms with van der Waals surface area (Å²) in [5.41, 5.74) is 2.22. The second-order valence-electron chi connectivity index (χ2n) is 8.92. The first-order valence-corrected chi connectivity index (χ1v) is 14.4.